The van der Waals surface area contributed by atoms with Gasteiger partial charge in [-0.05, 0) is 41.0 Å². The van der Waals surface area contributed by atoms with Crippen LogP contribution in [-0.2, 0) is 0 Å². The maximum Gasteiger partial charge on any atom is 0.137 e. The van der Waals surface area contributed by atoms with E-state index in [0.717, 1.165) is 0 Å². The van der Waals surface area contributed by atoms with Gasteiger partial charge >= 0.3 is 0 Å². The van der Waals surface area contributed by atoms with E-state index in [-0.39, 0.29) is 11.3 Å². The Balaban J connectivity index is 3.11. The molecule has 78 valence electrons. The molecule has 1 rings (SSSR count). The predicted molar refractivity (Wildman–Crippen MR) is 56.4 cm³/mol. The van der Waals surface area contributed by atoms with Crippen LogP contribution in [0, 0.1) is 5.82 Å². The largest absolute Gasteiger partial charge is 0.506 e. The van der Waals surface area contributed by atoms with E-state index in [1.54, 1.807) is 0 Å². The molecular weight excluding hydrogens is 251 g/mol. The summed E-state index contributed by atoms with van der Waals surface area (Å²) in [6.07, 6.45) is 0.431. The first-order valence-electron chi connectivity index (χ1n) is 4.20. The number of hydrogen-bond donors (Lipinski definition) is 3. The van der Waals surface area contributed by atoms with Gasteiger partial charge in [0.1, 0.15) is 11.6 Å². The summed E-state index contributed by atoms with van der Waals surface area (Å²) in [6, 6.07) is 2.12. The Bertz CT molecular complexity index is 333. The van der Waals surface area contributed by atoms with E-state index < -0.39 is 11.9 Å². The van der Waals surface area contributed by atoms with Gasteiger partial charge in [0.15, 0.2) is 0 Å². The van der Waals surface area contributed by atoms with Gasteiger partial charge in [-0.1, -0.05) is 0 Å². The van der Waals surface area contributed by atoms with Crippen LogP contribution < -0.4 is 11.5 Å². The van der Waals surface area contributed by atoms with Crippen LogP contribution in [0.4, 0.5) is 4.39 Å². The van der Waals surface area contributed by atoms with Crippen molar-refractivity contribution < 1.29 is 9.50 Å². The van der Waals surface area contributed by atoms with Gasteiger partial charge in [-0.25, -0.2) is 4.39 Å². The Kier molecular flexibility index (Phi) is 3.86. The Labute approximate surface area is 90.0 Å². The third kappa shape index (κ3) is 2.23. The number of nitrogens with two attached hydrogens (primary N) is 2. The minimum atomic E-state index is -0.572. The van der Waals surface area contributed by atoms with Crippen molar-refractivity contribution in [3.05, 3.63) is 28.0 Å². The Morgan fingerprint density at radius 2 is 2.14 bits per heavy atom. The number of halogens is 2. The zero-order chi connectivity index (χ0) is 10.7. The molecule has 0 spiro atoms. The molecule has 0 unspecified atom stereocenters. The summed E-state index contributed by atoms with van der Waals surface area (Å²) in [5, 5.41) is 9.57. The number of aromatic hydroxyl groups is 1. The van der Waals surface area contributed by atoms with Crippen LogP contribution in [0.15, 0.2) is 16.6 Å². The maximum absolute atomic E-state index is 13.3. The van der Waals surface area contributed by atoms with Gasteiger partial charge in [0, 0.05) is 11.6 Å². The second kappa shape index (κ2) is 4.72. The van der Waals surface area contributed by atoms with Crippen LogP contribution in [0.2, 0.25) is 0 Å². The zero-order valence-electron chi connectivity index (χ0n) is 7.50. The normalized spacial score (nSPS) is 12.9. The fraction of sp³-hybridized carbons (Fsp3) is 0.333. The number of rotatable bonds is 3. The fourth-order valence-corrected chi connectivity index (χ4v) is 1.58. The fourth-order valence-electron chi connectivity index (χ4n) is 1.23. The van der Waals surface area contributed by atoms with Gasteiger partial charge in [-0.15, -0.1) is 0 Å². The summed E-state index contributed by atoms with van der Waals surface area (Å²) in [5.41, 5.74) is 11.1. The summed E-state index contributed by atoms with van der Waals surface area (Å²) < 4.78 is 13.7. The van der Waals surface area contributed by atoms with Crippen LogP contribution in [-0.4, -0.2) is 11.7 Å². The Morgan fingerprint density at radius 1 is 1.50 bits per heavy atom. The number of phenolic OH excluding ortho intramolecular Hbond substituents is 1. The first-order chi connectivity index (χ1) is 6.57. The zero-order valence-corrected chi connectivity index (χ0v) is 9.09. The molecule has 5 heteroatoms. The summed E-state index contributed by atoms with van der Waals surface area (Å²) in [5.74, 6) is -0.655. The lowest BCUT2D eigenvalue weighted by Crippen LogP contribution is -2.16. The van der Waals surface area contributed by atoms with Crippen LogP contribution >= 0.6 is 15.9 Å². The van der Waals surface area contributed by atoms with Gasteiger partial charge in [0.25, 0.3) is 0 Å². The summed E-state index contributed by atoms with van der Waals surface area (Å²) in [4.78, 5) is 0. The van der Waals surface area contributed by atoms with Crippen molar-refractivity contribution in [3.8, 4) is 5.75 Å². The van der Waals surface area contributed by atoms with Gasteiger partial charge in [-0.3, -0.25) is 0 Å². The van der Waals surface area contributed by atoms with Crippen LogP contribution in [0.25, 0.3) is 0 Å². The highest BCUT2D eigenvalue weighted by Crippen LogP contribution is 2.33. The van der Waals surface area contributed by atoms with E-state index >= 15 is 0 Å². The van der Waals surface area contributed by atoms with Crippen molar-refractivity contribution in [2.75, 3.05) is 6.54 Å². The Hall–Kier alpha value is -0.650. The number of benzene rings is 1. The van der Waals surface area contributed by atoms with Gasteiger partial charge < -0.3 is 16.6 Å². The minimum absolute atomic E-state index is 0.116. The molecule has 0 fully saturated rings. The third-order valence-electron chi connectivity index (χ3n) is 1.96. The van der Waals surface area contributed by atoms with Gasteiger partial charge in [0.05, 0.1) is 4.47 Å². The van der Waals surface area contributed by atoms with Crippen molar-refractivity contribution >= 4 is 15.9 Å². The molecule has 1 atom stereocenters. The lowest BCUT2D eigenvalue weighted by atomic mass is 10.0. The molecule has 1 aromatic carbocycles. The van der Waals surface area contributed by atoms with Gasteiger partial charge in [-0.2, -0.15) is 0 Å². The van der Waals surface area contributed by atoms with Crippen LogP contribution in [0.1, 0.15) is 18.0 Å². The standard InChI is InChI=1S/C9H12BrFN2O/c10-5-1-2-6(11)8(9(5)14)7(13)3-4-12/h1-2,7,14H,3-4,12-13H2/t7-/m1/s1. The molecule has 0 aliphatic rings. The molecule has 0 saturated heterocycles. The highest BCUT2D eigenvalue weighted by Gasteiger charge is 2.17. The first-order valence-corrected chi connectivity index (χ1v) is 4.99. The molecule has 0 aliphatic heterocycles. The van der Waals surface area contributed by atoms with Crippen molar-refractivity contribution in [3.63, 3.8) is 0 Å². The predicted octanol–water partition coefficient (Wildman–Crippen LogP) is 1.64. The average Bonchev–Trinajstić information content (AvgIpc) is 2.13. The highest BCUT2D eigenvalue weighted by molar-refractivity contribution is 9.10. The molecule has 0 radical (unpaired) electrons. The number of hydrogen-bond acceptors (Lipinski definition) is 3. The molecule has 0 bridgehead atoms. The SMILES string of the molecule is NCC[C@@H](N)c1c(F)ccc(Br)c1O. The van der Waals surface area contributed by atoms with E-state index in [4.69, 9.17) is 11.5 Å². The summed E-state index contributed by atoms with van der Waals surface area (Å²) in [7, 11) is 0. The summed E-state index contributed by atoms with van der Waals surface area (Å²) in [6.45, 7) is 0.354. The van der Waals surface area contributed by atoms with Crippen LogP contribution in [0.5, 0.6) is 5.75 Å². The highest BCUT2D eigenvalue weighted by atomic mass is 79.9. The topological polar surface area (TPSA) is 72.3 Å². The smallest absolute Gasteiger partial charge is 0.137 e. The summed E-state index contributed by atoms with van der Waals surface area (Å²) >= 11 is 3.10. The first kappa shape index (κ1) is 11.4. The lowest BCUT2D eigenvalue weighted by molar-refractivity contribution is 0.442. The molecule has 0 heterocycles. The Morgan fingerprint density at radius 3 is 2.71 bits per heavy atom. The molecule has 14 heavy (non-hydrogen) atoms. The molecule has 3 nitrogen and oxygen atoms in total. The lowest BCUT2D eigenvalue weighted by Gasteiger charge is -2.14. The molecule has 0 aromatic heterocycles. The molecule has 1 aromatic rings. The maximum atomic E-state index is 13.3. The van der Waals surface area contributed by atoms with E-state index in [1.165, 1.54) is 12.1 Å². The molecule has 5 N–H and O–H groups in total. The van der Waals surface area contributed by atoms with Crippen molar-refractivity contribution in [1.82, 2.24) is 0 Å². The van der Waals surface area contributed by atoms with E-state index in [9.17, 15) is 9.50 Å². The van der Waals surface area contributed by atoms with Crippen molar-refractivity contribution in [1.29, 1.82) is 0 Å². The second-order valence-corrected chi connectivity index (χ2v) is 3.83. The van der Waals surface area contributed by atoms with Crippen LogP contribution in [0.3, 0.4) is 0 Å². The van der Waals surface area contributed by atoms with E-state index in [2.05, 4.69) is 15.9 Å². The monoisotopic (exact) mass is 262 g/mol. The molecule has 0 saturated carbocycles. The molecular formula is C9H12BrFN2O. The molecule has 0 aliphatic carbocycles. The number of phenols is 1. The van der Waals surface area contributed by atoms with Crippen molar-refractivity contribution in [2.45, 2.75) is 12.5 Å². The van der Waals surface area contributed by atoms with Gasteiger partial charge in [0.2, 0.25) is 0 Å². The second-order valence-electron chi connectivity index (χ2n) is 2.98. The quantitative estimate of drug-likeness (QED) is 0.776. The van der Waals surface area contributed by atoms with E-state index in [0.29, 0.717) is 17.4 Å². The molecule has 0 amide bonds. The minimum Gasteiger partial charge on any atom is -0.506 e. The van der Waals surface area contributed by atoms with E-state index in [1.807, 2.05) is 0 Å². The third-order valence-corrected chi connectivity index (χ3v) is 2.60. The van der Waals surface area contributed by atoms with Crippen molar-refractivity contribution in [2.24, 2.45) is 11.5 Å². The average molecular weight is 263 g/mol.